The van der Waals surface area contributed by atoms with Gasteiger partial charge in [-0.15, -0.1) is 0 Å². The Balaban J connectivity index is 2.15. The van der Waals surface area contributed by atoms with Crippen LogP contribution in [0.25, 0.3) is 0 Å². The Morgan fingerprint density at radius 1 is 1.55 bits per heavy atom. The van der Waals surface area contributed by atoms with Gasteiger partial charge >= 0.3 is 6.18 Å². The molecule has 2 aromatic rings. The van der Waals surface area contributed by atoms with Crippen LogP contribution in [0.5, 0.6) is 0 Å². The predicted octanol–water partition coefficient (Wildman–Crippen LogP) is 3.44. The molecule has 2 aromatic heterocycles. The van der Waals surface area contributed by atoms with Gasteiger partial charge in [-0.25, -0.2) is 0 Å². The normalized spacial score (nSPS) is 13.2. The highest BCUT2D eigenvalue weighted by molar-refractivity contribution is 9.10. The molecular formula is C13H13BrF3N3O2. The van der Waals surface area contributed by atoms with E-state index in [2.05, 4.69) is 26.3 Å². The molecule has 1 N–H and O–H groups in total. The Bertz CT molecular complexity index is 665. The average molecular weight is 380 g/mol. The Kier molecular flexibility index (Phi) is 4.64. The molecule has 1 amide bonds. The minimum Gasteiger partial charge on any atom is -0.467 e. The zero-order valence-corrected chi connectivity index (χ0v) is 13.3. The van der Waals surface area contributed by atoms with Crippen LogP contribution < -0.4 is 5.32 Å². The second-order valence-corrected chi connectivity index (χ2v) is 5.46. The summed E-state index contributed by atoms with van der Waals surface area (Å²) in [5.74, 6) is 0.0955. The standard InChI is InChI=1S/C13H13BrF3N3O2/c1-7-10(14)11(13(15,16)17)19-20(7)8(2)12(21)18-6-9-4-3-5-22-9/h3-5,8H,6H2,1-2H3,(H,18,21)/t8-/m0/s1. The van der Waals surface area contributed by atoms with Crippen LogP contribution in [0.15, 0.2) is 27.3 Å². The number of alkyl halides is 3. The average Bonchev–Trinajstić information content (AvgIpc) is 3.04. The molecule has 0 unspecified atom stereocenters. The number of hydrogen-bond donors (Lipinski definition) is 1. The number of carbonyl (C=O) groups is 1. The highest BCUT2D eigenvalue weighted by atomic mass is 79.9. The molecule has 2 rings (SSSR count). The van der Waals surface area contributed by atoms with Crippen molar-refractivity contribution in [3.63, 3.8) is 0 Å². The van der Waals surface area contributed by atoms with Gasteiger partial charge in [-0.1, -0.05) is 0 Å². The van der Waals surface area contributed by atoms with Gasteiger partial charge in [0.05, 0.1) is 23.0 Å². The van der Waals surface area contributed by atoms with Crippen molar-refractivity contribution in [2.75, 3.05) is 0 Å². The van der Waals surface area contributed by atoms with Crippen LogP contribution in [0.3, 0.4) is 0 Å². The van der Waals surface area contributed by atoms with E-state index in [4.69, 9.17) is 4.42 Å². The van der Waals surface area contributed by atoms with Gasteiger partial charge in [0, 0.05) is 0 Å². The molecule has 1 atom stereocenters. The largest absolute Gasteiger partial charge is 0.467 e. The van der Waals surface area contributed by atoms with E-state index in [1.807, 2.05) is 0 Å². The molecule has 0 spiro atoms. The number of nitrogens with zero attached hydrogens (tertiary/aromatic N) is 2. The Labute approximate surface area is 132 Å². The highest BCUT2D eigenvalue weighted by Gasteiger charge is 2.38. The van der Waals surface area contributed by atoms with E-state index in [9.17, 15) is 18.0 Å². The molecule has 0 aliphatic carbocycles. The summed E-state index contributed by atoms with van der Waals surface area (Å²) in [6.45, 7) is 3.09. The summed E-state index contributed by atoms with van der Waals surface area (Å²) in [7, 11) is 0. The fourth-order valence-electron chi connectivity index (χ4n) is 1.90. The van der Waals surface area contributed by atoms with E-state index < -0.39 is 23.8 Å². The maximum absolute atomic E-state index is 12.8. The van der Waals surface area contributed by atoms with Crippen molar-refractivity contribution < 1.29 is 22.4 Å². The molecule has 5 nitrogen and oxygen atoms in total. The van der Waals surface area contributed by atoms with E-state index in [1.54, 1.807) is 12.1 Å². The Hall–Kier alpha value is -1.77. The SMILES string of the molecule is Cc1c(Br)c(C(F)(F)F)nn1[C@@H](C)C(=O)NCc1ccco1. The minimum atomic E-state index is -4.58. The molecule has 120 valence electrons. The molecule has 2 heterocycles. The maximum atomic E-state index is 12.8. The summed E-state index contributed by atoms with van der Waals surface area (Å²) in [5.41, 5.74) is -0.816. The highest BCUT2D eigenvalue weighted by Crippen LogP contribution is 2.36. The molecule has 22 heavy (non-hydrogen) atoms. The first-order valence-corrected chi connectivity index (χ1v) is 7.13. The van der Waals surface area contributed by atoms with Crippen molar-refractivity contribution in [3.05, 3.63) is 40.0 Å². The second-order valence-electron chi connectivity index (χ2n) is 4.66. The lowest BCUT2D eigenvalue weighted by Gasteiger charge is -2.14. The van der Waals surface area contributed by atoms with Gasteiger partial charge in [0.25, 0.3) is 0 Å². The molecular weight excluding hydrogens is 367 g/mol. The third kappa shape index (κ3) is 3.34. The van der Waals surface area contributed by atoms with Crippen LogP contribution in [0.1, 0.15) is 30.1 Å². The van der Waals surface area contributed by atoms with Crippen molar-refractivity contribution >= 4 is 21.8 Å². The summed E-state index contributed by atoms with van der Waals surface area (Å²) in [6.07, 6.45) is -3.12. The van der Waals surface area contributed by atoms with E-state index in [1.165, 1.54) is 20.1 Å². The number of rotatable bonds is 4. The topological polar surface area (TPSA) is 60.1 Å². The lowest BCUT2D eigenvalue weighted by Crippen LogP contribution is -2.31. The van der Waals surface area contributed by atoms with Crippen LogP contribution in [0.4, 0.5) is 13.2 Å². The molecule has 0 saturated heterocycles. The van der Waals surface area contributed by atoms with Crippen LogP contribution in [-0.4, -0.2) is 15.7 Å². The molecule has 0 radical (unpaired) electrons. The Morgan fingerprint density at radius 2 is 2.23 bits per heavy atom. The zero-order valence-electron chi connectivity index (χ0n) is 11.7. The number of halogens is 4. The number of nitrogens with one attached hydrogen (secondary N) is 1. The second kappa shape index (κ2) is 6.15. The number of hydrogen-bond acceptors (Lipinski definition) is 3. The Morgan fingerprint density at radius 3 is 2.73 bits per heavy atom. The van der Waals surface area contributed by atoms with Crippen molar-refractivity contribution in [2.45, 2.75) is 32.6 Å². The molecule has 0 saturated carbocycles. The third-order valence-corrected chi connectivity index (χ3v) is 4.06. The van der Waals surface area contributed by atoms with E-state index in [-0.39, 0.29) is 16.7 Å². The predicted molar refractivity (Wildman–Crippen MR) is 74.9 cm³/mol. The van der Waals surface area contributed by atoms with Crippen molar-refractivity contribution in [2.24, 2.45) is 0 Å². The molecule has 0 bridgehead atoms. The van der Waals surface area contributed by atoms with Crippen LogP contribution >= 0.6 is 15.9 Å². The number of amides is 1. The van der Waals surface area contributed by atoms with Gasteiger partial charge in [-0.05, 0) is 41.9 Å². The number of aromatic nitrogens is 2. The molecule has 0 fully saturated rings. The summed E-state index contributed by atoms with van der Waals surface area (Å²) < 4.78 is 44.4. The third-order valence-electron chi connectivity index (χ3n) is 3.11. The smallest absolute Gasteiger partial charge is 0.436 e. The van der Waals surface area contributed by atoms with Gasteiger partial charge < -0.3 is 9.73 Å². The van der Waals surface area contributed by atoms with Gasteiger partial charge in [-0.3, -0.25) is 9.48 Å². The molecule has 0 aliphatic heterocycles. The number of carbonyl (C=O) groups excluding carboxylic acids is 1. The number of furan rings is 1. The lowest BCUT2D eigenvalue weighted by molar-refractivity contribution is -0.142. The summed E-state index contributed by atoms with van der Waals surface area (Å²) in [5, 5.41) is 6.10. The first kappa shape index (κ1) is 16.6. The van der Waals surface area contributed by atoms with Crippen molar-refractivity contribution in [1.82, 2.24) is 15.1 Å². The monoisotopic (exact) mass is 379 g/mol. The quantitative estimate of drug-likeness (QED) is 0.884. The van der Waals surface area contributed by atoms with Crippen LogP contribution in [0.2, 0.25) is 0 Å². The van der Waals surface area contributed by atoms with Gasteiger partial charge in [0.15, 0.2) is 5.69 Å². The summed E-state index contributed by atoms with van der Waals surface area (Å²) >= 11 is 2.87. The summed E-state index contributed by atoms with van der Waals surface area (Å²) in [4.78, 5) is 12.1. The first-order valence-electron chi connectivity index (χ1n) is 6.33. The van der Waals surface area contributed by atoms with E-state index in [0.29, 0.717) is 5.76 Å². The van der Waals surface area contributed by atoms with Crippen molar-refractivity contribution in [3.8, 4) is 0 Å². The van der Waals surface area contributed by atoms with Crippen LogP contribution in [-0.2, 0) is 17.5 Å². The van der Waals surface area contributed by atoms with Crippen molar-refractivity contribution in [1.29, 1.82) is 0 Å². The fourth-order valence-corrected chi connectivity index (χ4v) is 2.39. The minimum absolute atomic E-state index is 0.157. The fraction of sp³-hybridized carbons (Fsp3) is 0.385. The molecule has 0 aliphatic rings. The van der Waals surface area contributed by atoms with E-state index in [0.717, 1.165) is 4.68 Å². The van der Waals surface area contributed by atoms with Gasteiger partial charge in [0.1, 0.15) is 11.8 Å². The first-order chi connectivity index (χ1) is 10.2. The lowest BCUT2D eigenvalue weighted by atomic mass is 10.3. The summed E-state index contributed by atoms with van der Waals surface area (Å²) in [6, 6.07) is 2.47. The van der Waals surface area contributed by atoms with Gasteiger partial charge in [-0.2, -0.15) is 18.3 Å². The van der Waals surface area contributed by atoms with Gasteiger partial charge in [0.2, 0.25) is 5.91 Å². The maximum Gasteiger partial charge on any atom is 0.436 e. The molecule has 9 heteroatoms. The van der Waals surface area contributed by atoms with E-state index >= 15 is 0 Å². The van der Waals surface area contributed by atoms with Crippen LogP contribution in [0, 0.1) is 6.92 Å². The molecule has 0 aromatic carbocycles. The zero-order chi connectivity index (χ0) is 16.5.